The molecule has 4 aromatic rings. The van der Waals surface area contributed by atoms with Crippen LogP contribution in [0.15, 0.2) is 64.8 Å². The molecule has 2 aromatic heterocycles. The van der Waals surface area contributed by atoms with Gasteiger partial charge < -0.3 is 0 Å². The maximum atomic E-state index is 12.9. The van der Waals surface area contributed by atoms with Crippen molar-refractivity contribution in [3.05, 3.63) is 86.9 Å². The average molecular weight is 397 g/mol. The fraction of sp³-hybridized carbons (Fsp3) is 0.150. The van der Waals surface area contributed by atoms with Crippen LogP contribution in [0.2, 0.25) is 5.02 Å². The number of aromatic nitrogens is 4. The smallest absolute Gasteiger partial charge is 0.279 e. The summed E-state index contributed by atoms with van der Waals surface area (Å²) in [5.74, 6) is 0.768. The minimum atomic E-state index is -0.224. The first kappa shape index (κ1) is 17.8. The number of aryl methyl sites for hydroxylation is 2. The molecule has 0 aliphatic heterocycles. The zero-order chi connectivity index (χ0) is 19.0. The van der Waals surface area contributed by atoms with Gasteiger partial charge >= 0.3 is 5.56 Å². The van der Waals surface area contributed by atoms with E-state index in [1.807, 2.05) is 31.3 Å². The molecule has 0 radical (unpaired) electrons. The van der Waals surface area contributed by atoms with Gasteiger partial charge in [-0.25, -0.2) is 0 Å². The van der Waals surface area contributed by atoms with Crippen LogP contribution in [0, 0.1) is 13.8 Å². The summed E-state index contributed by atoms with van der Waals surface area (Å²) in [6.45, 7) is 4.03. The summed E-state index contributed by atoms with van der Waals surface area (Å²) in [6, 6.07) is 13.7. The Balaban J connectivity index is 1.71. The van der Waals surface area contributed by atoms with Gasteiger partial charge in [-0.2, -0.15) is 0 Å². The van der Waals surface area contributed by atoms with E-state index in [1.54, 1.807) is 39.1 Å². The summed E-state index contributed by atoms with van der Waals surface area (Å²) >= 11 is 7.66. The molecule has 0 bridgehead atoms. The van der Waals surface area contributed by atoms with E-state index in [9.17, 15) is 4.79 Å². The van der Waals surface area contributed by atoms with E-state index in [0.717, 1.165) is 17.0 Å². The van der Waals surface area contributed by atoms with Crippen LogP contribution in [0.3, 0.4) is 0 Å². The molecule has 0 fully saturated rings. The number of hydrogen-bond acceptors (Lipinski definition) is 4. The van der Waals surface area contributed by atoms with Gasteiger partial charge in [0.25, 0.3) is 0 Å². The Labute approximate surface area is 165 Å². The number of rotatable bonds is 4. The van der Waals surface area contributed by atoms with Gasteiger partial charge in [0, 0.05) is 23.2 Å². The van der Waals surface area contributed by atoms with Crippen LogP contribution in [0.25, 0.3) is 11.3 Å². The summed E-state index contributed by atoms with van der Waals surface area (Å²) < 4.78 is 3.29. The lowest BCUT2D eigenvalue weighted by atomic mass is 10.1. The van der Waals surface area contributed by atoms with Crippen LogP contribution in [-0.2, 0) is 5.75 Å². The molecule has 0 aliphatic carbocycles. The van der Waals surface area contributed by atoms with Crippen molar-refractivity contribution in [2.75, 3.05) is 0 Å². The molecular formula is C20H17ClN4OS. The van der Waals surface area contributed by atoms with Gasteiger partial charge in [0.15, 0.2) is 5.16 Å². The zero-order valence-corrected chi connectivity index (χ0v) is 16.5. The largest absolute Gasteiger partial charge is 0.300 e. The van der Waals surface area contributed by atoms with Gasteiger partial charge in [0.2, 0.25) is 5.65 Å². The highest BCUT2D eigenvalue weighted by Crippen LogP contribution is 2.23. The quantitative estimate of drug-likeness (QED) is 0.478. The van der Waals surface area contributed by atoms with Crippen molar-refractivity contribution >= 4 is 29.0 Å². The van der Waals surface area contributed by atoms with Crippen LogP contribution in [0.5, 0.6) is 0 Å². The molecule has 27 heavy (non-hydrogen) atoms. The minimum absolute atomic E-state index is 0.224. The van der Waals surface area contributed by atoms with Crippen LogP contribution in [0.1, 0.15) is 16.7 Å². The molecule has 5 nitrogen and oxygen atoms in total. The molecule has 0 amide bonds. The second-order valence-corrected chi connectivity index (χ2v) is 7.67. The van der Waals surface area contributed by atoms with E-state index in [0.29, 0.717) is 15.8 Å². The molecule has 0 saturated carbocycles. The second-order valence-electron chi connectivity index (χ2n) is 6.30. The number of nitrogens with zero attached hydrogens (tertiary/aromatic N) is 4. The molecule has 2 aromatic carbocycles. The molecule has 4 rings (SSSR count). The predicted molar refractivity (Wildman–Crippen MR) is 109 cm³/mol. The Morgan fingerprint density at radius 2 is 1.85 bits per heavy atom. The SMILES string of the molecule is Cc1ccccc1CSc1nnc2c(=O)n(-c3cc(Cl)ccc3C)ccn12. The number of fused-ring (bicyclic) bond motifs is 1. The lowest BCUT2D eigenvalue weighted by Gasteiger charge is -2.10. The topological polar surface area (TPSA) is 52.2 Å². The van der Waals surface area contributed by atoms with Gasteiger partial charge in [-0.05, 0) is 42.7 Å². The Morgan fingerprint density at radius 1 is 1.04 bits per heavy atom. The van der Waals surface area contributed by atoms with Crippen LogP contribution in [0.4, 0.5) is 0 Å². The maximum absolute atomic E-state index is 12.9. The lowest BCUT2D eigenvalue weighted by molar-refractivity contribution is 0.890. The molecule has 2 heterocycles. The second kappa shape index (κ2) is 7.21. The molecular weight excluding hydrogens is 380 g/mol. The Bertz CT molecular complexity index is 1200. The van der Waals surface area contributed by atoms with E-state index in [-0.39, 0.29) is 5.56 Å². The molecule has 0 unspecified atom stereocenters. The monoisotopic (exact) mass is 396 g/mol. The highest BCUT2D eigenvalue weighted by Gasteiger charge is 2.13. The molecule has 0 aliphatic rings. The van der Waals surface area contributed by atoms with Gasteiger partial charge in [-0.3, -0.25) is 13.8 Å². The van der Waals surface area contributed by atoms with Crippen LogP contribution >= 0.6 is 23.4 Å². The summed E-state index contributed by atoms with van der Waals surface area (Å²) in [6.07, 6.45) is 3.55. The number of hydrogen-bond donors (Lipinski definition) is 0. The van der Waals surface area contributed by atoms with Crippen molar-refractivity contribution in [3.8, 4) is 5.69 Å². The Morgan fingerprint density at radius 3 is 2.67 bits per heavy atom. The number of benzene rings is 2. The van der Waals surface area contributed by atoms with Crippen molar-refractivity contribution in [2.24, 2.45) is 0 Å². The van der Waals surface area contributed by atoms with Gasteiger partial charge in [0.05, 0.1) is 5.69 Å². The van der Waals surface area contributed by atoms with Crippen molar-refractivity contribution in [1.29, 1.82) is 0 Å². The maximum Gasteiger partial charge on any atom is 0.300 e. The van der Waals surface area contributed by atoms with Crippen molar-refractivity contribution in [2.45, 2.75) is 24.8 Å². The first-order valence-corrected chi connectivity index (χ1v) is 9.81. The van der Waals surface area contributed by atoms with E-state index in [2.05, 4.69) is 29.3 Å². The normalized spacial score (nSPS) is 11.2. The Hall–Kier alpha value is -2.57. The fourth-order valence-electron chi connectivity index (χ4n) is 2.91. The molecule has 0 saturated heterocycles. The van der Waals surface area contributed by atoms with Gasteiger partial charge in [-0.15, -0.1) is 10.2 Å². The predicted octanol–water partition coefficient (Wildman–Crippen LogP) is 4.44. The average Bonchev–Trinajstić information content (AvgIpc) is 3.08. The molecule has 0 atom stereocenters. The number of thioether (sulfide) groups is 1. The molecule has 0 N–H and O–H groups in total. The first-order valence-electron chi connectivity index (χ1n) is 8.45. The van der Waals surface area contributed by atoms with Gasteiger partial charge in [-0.1, -0.05) is 53.7 Å². The van der Waals surface area contributed by atoms with Crippen LogP contribution in [-0.4, -0.2) is 19.2 Å². The summed E-state index contributed by atoms with van der Waals surface area (Å²) in [5, 5.41) is 9.61. The fourth-order valence-corrected chi connectivity index (χ4v) is 4.07. The van der Waals surface area contributed by atoms with E-state index in [4.69, 9.17) is 11.6 Å². The minimum Gasteiger partial charge on any atom is -0.279 e. The summed E-state index contributed by atoms with van der Waals surface area (Å²) in [7, 11) is 0. The standard InChI is InChI=1S/C20H17ClN4OS/c1-13-5-3-4-6-15(13)12-27-20-23-22-18-19(26)24(9-10-25(18)20)17-11-16(21)8-7-14(17)2/h3-11H,12H2,1-2H3. The lowest BCUT2D eigenvalue weighted by Crippen LogP contribution is -2.21. The third-order valence-corrected chi connectivity index (χ3v) is 5.72. The van der Waals surface area contributed by atoms with Crippen molar-refractivity contribution in [3.63, 3.8) is 0 Å². The van der Waals surface area contributed by atoms with E-state index in [1.165, 1.54) is 11.1 Å². The third kappa shape index (κ3) is 3.38. The highest BCUT2D eigenvalue weighted by atomic mass is 35.5. The third-order valence-electron chi connectivity index (χ3n) is 4.49. The highest BCUT2D eigenvalue weighted by molar-refractivity contribution is 7.98. The van der Waals surface area contributed by atoms with Gasteiger partial charge in [0.1, 0.15) is 0 Å². The van der Waals surface area contributed by atoms with Crippen molar-refractivity contribution in [1.82, 2.24) is 19.2 Å². The molecule has 0 spiro atoms. The number of halogens is 1. The van der Waals surface area contributed by atoms with E-state index >= 15 is 0 Å². The first-order chi connectivity index (χ1) is 13.0. The van der Waals surface area contributed by atoms with E-state index < -0.39 is 0 Å². The van der Waals surface area contributed by atoms with Crippen molar-refractivity contribution < 1.29 is 0 Å². The van der Waals surface area contributed by atoms with Crippen LogP contribution < -0.4 is 5.56 Å². The zero-order valence-electron chi connectivity index (χ0n) is 14.9. The Kier molecular flexibility index (Phi) is 4.76. The molecule has 7 heteroatoms. The molecule has 136 valence electrons. The summed E-state index contributed by atoms with van der Waals surface area (Å²) in [5.41, 5.74) is 4.24. The summed E-state index contributed by atoms with van der Waals surface area (Å²) in [4.78, 5) is 12.9.